The van der Waals surface area contributed by atoms with Crippen molar-refractivity contribution < 1.29 is 28.8 Å². The summed E-state index contributed by atoms with van der Waals surface area (Å²) in [6, 6.07) is 5.22. The van der Waals surface area contributed by atoms with E-state index >= 15 is 0 Å². The normalized spacial score (nSPS) is 27.0. The Morgan fingerprint density at radius 3 is 2.33 bits per heavy atom. The van der Waals surface area contributed by atoms with Gasteiger partial charge in [0.15, 0.2) is 5.03 Å². The Labute approximate surface area is 138 Å². The zero-order chi connectivity index (χ0) is 17.6. The number of fused-ring (bicyclic) bond motifs is 1. The first kappa shape index (κ1) is 17.1. The molecule has 9 heteroatoms. The second-order valence-corrected chi connectivity index (χ2v) is 7.73. The van der Waals surface area contributed by atoms with E-state index in [1.807, 2.05) is 6.92 Å². The Hall–Kier alpha value is -1.78. The molecule has 0 radical (unpaired) electrons. The van der Waals surface area contributed by atoms with Crippen molar-refractivity contribution in [3.05, 3.63) is 41.9 Å². The maximum absolute atomic E-state index is 12.7. The molecule has 0 unspecified atom stereocenters. The van der Waals surface area contributed by atoms with Crippen LogP contribution in [0.15, 0.2) is 40.4 Å². The molecular weight excluding hydrogens is 336 g/mol. The SMILES string of the molecule is Cc1ccc(S(=O)(=O)c2cn3c(n2)[C@H](O)[C@@H](O)[C@H](O)[C@H]3CO)cc1. The minimum absolute atomic E-state index is 0.0414. The molecule has 1 aromatic carbocycles. The lowest BCUT2D eigenvalue weighted by molar-refractivity contribution is -0.108. The van der Waals surface area contributed by atoms with E-state index in [0.29, 0.717) is 0 Å². The van der Waals surface area contributed by atoms with Crippen molar-refractivity contribution in [3.63, 3.8) is 0 Å². The molecule has 2 aromatic rings. The number of imidazole rings is 1. The predicted molar refractivity (Wildman–Crippen MR) is 82.0 cm³/mol. The van der Waals surface area contributed by atoms with Gasteiger partial charge in [0.05, 0.1) is 17.5 Å². The molecular formula is C15H18N2O6S. The van der Waals surface area contributed by atoms with Gasteiger partial charge in [-0.15, -0.1) is 0 Å². The van der Waals surface area contributed by atoms with Crippen LogP contribution < -0.4 is 0 Å². The predicted octanol–water partition coefficient (Wildman–Crippen LogP) is -0.673. The number of rotatable bonds is 3. The molecule has 1 aliphatic rings. The number of aliphatic hydroxyl groups is 4. The lowest BCUT2D eigenvalue weighted by Gasteiger charge is -2.35. The number of benzene rings is 1. The summed E-state index contributed by atoms with van der Waals surface area (Å²) in [5, 5.41) is 38.9. The Morgan fingerprint density at radius 1 is 1.12 bits per heavy atom. The summed E-state index contributed by atoms with van der Waals surface area (Å²) in [6.45, 7) is 1.29. The van der Waals surface area contributed by atoms with Crippen molar-refractivity contribution in [3.8, 4) is 0 Å². The number of aliphatic hydroxyl groups excluding tert-OH is 4. The smallest absolute Gasteiger partial charge is 0.225 e. The second kappa shape index (κ2) is 5.94. The highest BCUT2D eigenvalue weighted by atomic mass is 32.2. The van der Waals surface area contributed by atoms with Crippen LogP contribution in [-0.2, 0) is 9.84 Å². The van der Waals surface area contributed by atoms with E-state index in [2.05, 4.69) is 4.98 Å². The zero-order valence-corrected chi connectivity index (χ0v) is 13.6. The number of aryl methyl sites for hydroxylation is 1. The van der Waals surface area contributed by atoms with E-state index in [0.717, 1.165) is 11.8 Å². The van der Waals surface area contributed by atoms with E-state index < -0.39 is 40.8 Å². The van der Waals surface area contributed by atoms with Gasteiger partial charge in [-0.1, -0.05) is 17.7 Å². The molecule has 0 bridgehead atoms. The third kappa shape index (κ3) is 2.54. The number of aromatic nitrogens is 2. The molecule has 0 fully saturated rings. The summed E-state index contributed by atoms with van der Waals surface area (Å²) < 4.78 is 26.6. The molecule has 8 nitrogen and oxygen atoms in total. The number of hydrogen-bond acceptors (Lipinski definition) is 7. The topological polar surface area (TPSA) is 133 Å². The van der Waals surface area contributed by atoms with Crippen molar-refractivity contribution in [1.82, 2.24) is 9.55 Å². The van der Waals surface area contributed by atoms with Crippen LogP contribution in [0.25, 0.3) is 0 Å². The van der Waals surface area contributed by atoms with Crippen LogP contribution >= 0.6 is 0 Å². The molecule has 2 heterocycles. The first-order chi connectivity index (χ1) is 11.3. The molecule has 0 spiro atoms. The fourth-order valence-corrected chi connectivity index (χ4v) is 3.97. The second-order valence-electron chi connectivity index (χ2n) is 5.84. The van der Waals surface area contributed by atoms with Gasteiger partial charge in [0, 0.05) is 6.20 Å². The van der Waals surface area contributed by atoms with Crippen LogP contribution in [0.2, 0.25) is 0 Å². The molecule has 4 atom stereocenters. The van der Waals surface area contributed by atoms with Gasteiger partial charge in [-0.25, -0.2) is 13.4 Å². The summed E-state index contributed by atoms with van der Waals surface area (Å²) in [7, 11) is -3.93. The van der Waals surface area contributed by atoms with Crippen LogP contribution in [0.1, 0.15) is 23.5 Å². The maximum atomic E-state index is 12.7. The summed E-state index contributed by atoms with van der Waals surface area (Å²) in [5.41, 5.74) is 0.903. The van der Waals surface area contributed by atoms with Crippen molar-refractivity contribution >= 4 is 9.84 Å². The highest BCUT2D eigenvalue weighted by Crippen LogP contribution is 2.34. The molecule has 4 N–H and O–H groups in total. The summed E-state index contributed by atoms with van der Waals surface area (Å²) in [4.78, 5) is 3.97. The maximum Gasteiger partial charge on any atom is 0.225 e. The van der Waals surface area contributed by atoms with E-state index in [1.165, 1.54) is 16.7 Å². The zero-order valence-electron chi connectivity index (χ0n) is 12.8. The van der Waals surface area contributed by atoms with Crippen molar-refractivity contribution in [2.24, 2.45) is 0 Å². The molecule has 130 valence electrons. The molecule has 1 aliphatic heterocycles. The van der Waals surface area contributed by atoms with Gasteiger partial charge in [-0.3, -0.25) is 0 Å². The highest BCUT2D eigenvalue weighted by molar-refractivity contribution is 7.91. The van der Waals surface area contributed by atoms with Gasteiger partial charge in [0.2, 0.25) is 9.84 Å². The van der Waals surface area contributed by atoms with Crippen LogP contribution in [0, 0.1) is 6.92 Å². The fraction of sp³-hybridized carbons (Fsp3) is 0.400. The molecule has 0 aliphatic carbocycles. The monoisotopic (exact) mass is 354 g/mol. The van der Waals surface area contributed by atoms with Crippen molar-refractivity contribution in [1.29, 1.82) is 0 Å². The first-order valence-corrected chi connectivity index (χ1v) is 8.81. The largest absolute Gasteiger partial charge is 0.394 e. The lowest BCUT2D eigenvalue weighted by atomic mass is 9.96. The van der Waals surface area contributed by atoms with Gasteiger partial charge in [-0.05, 0) is 19.1 Å². The van der Waals surface area contributed by atoms with E-state index in [1.54, 1.807) is 12.1 Å². The van der Waals surface area contributed by atoms with E-state index in [4.69, 9.17) is 0 Å². The van der Waals surface area contributed by atoms with Gasteiger partial charge in [0.1, 0.15) is 24.1 Å². The Morgan fingerprint density at radius 2 is 1.75 bits per heavy atom. The van der Waals surface area contributed by atoms with Crippen LogP contribution in [-0.4, -0.2) is 57.2 Å². The van der Waals surface area contributed by atoms with Crippen molar-refractivity contribution in [2.75, 3.05) is 6.61 Å². The molecule has 0 saturated heterocycles. The van der Waals surface area contributed by atoms with Crippen molar-refractivity contribution in [2.45, 2.75) is 41.2 Å². The van der Waals surface area contributed by atoms with E-state index in [-0.39, 0.29) is 15.7 Å². The fourth-order valence-electron chi connectivity index (χ4n) is 2.76. The third-order valence-electron chi connectivity index (χ3n) is 4.22. The van der Waals surface area contributed by atoms with Gasteiger partial charge in [-0.2, -0.15) is 0 Å². The van der Waals surface area contributed by atoms with Crippen LogP contribution in [0.4, 0.5) is 0 Å². The Bertz CT molecular complexity index is 845. The molecule has 1 aromatic heterocycles. The summed E-state index contributed by atoms with van der Waals surface area (Å²) >= 11 is 0. The minimum atomic E-state index is -3.93. The lowest BCUT2D eigenvalue weighted by Crippen LogP contribution is -2.46. The highest BCUT2D eigenvalue weighted by Gasteiger charge is 2.42. The Kier molecular flexibility index (Phi) is 4.22. The quantitative estimate of drug-likeness (QED) is 0.574. The molecule has 0 saturated carbocycles. The van der Waals surface area contributed by atoms with Gasteiger partial charge in [0.25, 0.3) is 0 Å². The molecule has 0 amide bonds. The molecule has 24 heavy (non-hydrogen) atoms. The Balaban J connectivity index is 2.10. The van der Waals surface area contributed by atoms with E-state index in [9.17, 15) is 28.8 Å². The average molecular weight is 354 g/mol. The van der Waals surface area contributed by atoms with Crippen LogP contribution in [0.3, 0.4) is 0 Å². The van der Waals surface area contributed by atoms with Gasteiger partial charge < -0.3 is 25.0 Å². The number of sulfone groups is 1. The number of nitrogens with zero attached hydrogens (tertiary/aromatic N) is 2. The summed E-state index contributed by atoms with van der Waals surface area (Å²) in [6.07, 6.45) is -3.40. The van der Waals surface area contributed by atoms with Crippen LogP contribution in [0.5, 0.6) is 0 Å². The summed E-state index contributed by atoms with van der Waals surface area (Å²) in [5.74, 6) is -0.113. The standard InChI is InChI=1S/C15H18N2O6S/c1-8-2-4-9(5-3-8)24(22,23)11-6-17-10(7-18)12(19)13(20)14(21)15(17)16-11/h2-6,10,12-14,18-21H,7H2,1H3/t10-,12-,13+,14-/m1/s1. The molecule has 3 rings (SSSR count). The van der Waals surface area contributed by atoms with Gasteiger partial charge >= 0.3 is 0 Å². The number of hydrogen-bond donors (Lipinski definition) is 4. The first-order valence-electron chi connectivity index (χ1n) is 7.33. The average Bonchev–Trinajstić information content (AvgIpc) is 3.00. The third-order valence-corrected chi connectivity index (χ3v) is 5.86. The minimum Gasteiger partial charge on any atom is -0.394 e.